The molecule has 21 heavy (non-hydrogen) atoms. The van der Waals surface area contributed by atoms with Crippen molar-refractivity contribution in [2.24, 2.45) is 5.92 Å². The molecule has 0 bridgehead atoms. The van der Waals surface area contributed by atoms with Gasteiger partial charge in [0.15, 0.2) is 0 Å². The van der Waals surface area contributed by atoms with E-state index in [1.165, 1.54) is 18.2 Å². The second kappa shape index (κ2) is 6.53. The summed E-state index contributed by atoms with van der Waals surface area (Å²) in [6, 6.07) is 3.73. The lowest BCUT2D eigenvalue weighted by Crippen LogP contribution is -2.41. The van der Waals surface area contributed by atoms with E-state index >= 15 is 0 Å². The largest absolute Gasteiger partial charge is 0.402 e. The van der Waals surface area contributed by atoms with Crippen LogP contribution in [0.5, 0.6) is 0 Å². The van der Waals surface area contributed by atoms with Crippen LogP contribution in [-0.2, 0) is 10.0 Å². The molecule has 0 radical (unpaired) electrons. The minimum atomic E-state index is -4.60. The Morgan fingerprint density at radius 2 is 1.90 bits per heavy atom. The molecule has 1 rings (SSSR count). The van der Waals surface area contributed by atoms with Gasteiger partial charge in [0.05, 0.1) is 4.90 Å². The van der Waals surface area contributed by atoms with Gasteiger partial charge in [-0.2, -0.15) is 17.5 Å². The average Bonchev–Trinajstić information content (AvgIpc) is 2.29. The van der Waals surface area contributed by atoms with Crippen molar-refractivity contribution in [2.45, 2.75) is 24.9 Å². The van der Waals surface area contributed by atoms with E-state index in [4.69, 9.17) is 5.73 Å². The number of nitrogen functional groups attached to an aromatic ring is 1. The molecule has 0 aromatic heterocycles. The van der Waals surface area contributed by atoms with Crippen molar-refractivity contribution >= 4 is 31.6 Å². The topological polar surface area (TPSA) is 63.4 Å². The van der Waals surface area contributed by atoms with E-state index in [0.717, 1.165) is 0 Å². The van der Waals surface area contributed by atoms with Crippen LogP contribution in [0.25, 0.3) is 0 Å². The predicted molar refractivity (Wildman–Crippen MR) is 78.2 cm³/mol. The van der Waals surface area contributed by atoms with Gasteiger partial charge in [0.2, 0.25) is 10.0 Å². The number of sulfonamides is 1. The van der Waals surface area contributed by atoms with Crippen molar-refractivity contribution in [3.8, 4) is 0 Å². The van der Waals surface area contributed by atoms with Gasteiger partial charge < -0.3 is 5.73 Å². The molecular weight excluding hydrogens is 373 g/mol. The Labute approximate surface area is 130 Å². The molecule has 0 aliphatic rings. The molecule has 0 aliphatic heterocycles. The van der Waals surface area contributed by atoms with E-state index in [1.807, 2.05) is 0 Å². The Balaban J connectivity index is 3.22. The second-order valence-electron chi connectivity index (χ2n) is 4.99. The van der Waals surface area contributed by atoms with E-state index in [9.17, 15) is 21.6 Å². The maximum Gasteiger partial charge on any atom is 0.402 e. The number of halogens is 4. The molecule has 1 aromatic rings. The van der Waals surface area contributed by atoms with Crippen molar-refractivity contribution in [3.05, 3.63) is 22.7 Å². The molecule has 0 saturated carbocycles. The van der Waals surface area contributed by atoms with E-state index < -0.39 is 22.7 Å². The number of rotatable bonds is 5. The monoisotopic (exact) mass is 388 g/mol. The summed E-state index contributed by atoms with van der Waals surface area (Å²) in [6.45, 7) is 1.56. The van der Waals surface area contributed by atoms with Crippen molar-refractivity contribution in [1.82, 2.24) is 4.31 Å². The van der Waals surface area contributed by atoms with E-state index in [2.05, 4.69) is 15.9 Å². The van der Waals surface area contributed by atoms with Crippen LogP contribution >= 0.6 is 15.9 Å². The number of hydrogen-bond acceptors (Lipinski definition) is 3. The van der Waals surface area contributed by atoms with Crippen LogP contribution < -0.4 is 5.73 Å². The van der Waals surface area contributed by atoms with Crippen LogP contribution in [0.3, 0.4) is 0 Å². The number of nitrogens with two attached hydrogens (primary N) is 1. The third-order valence-corrected chi connectivity index (χ3v) is 5.03. The summed E-state index contributed by atoms with van der Waals surface area (Å²) in [5.41, 5.74) is 5.86. The Bertz CT molecular complexity index is 603. The van der Waals surface area contributed by atoms with Crippen LogP contribution in [0.2, 0.25) is 0 Å². The van der Waals surface area contributed by atoms with E-state index in [0.29, 0.717) is 14.5 Å². The van der Waals surface area contributed by atoms with E-state index in [-0.39, 0.29) is 17.4 Å². The van der Waals surface area contributed by atoms with Gasteiger partial charge in [0.1, 0.15) is 6.54 Å². The van der Waals surface area contributed by atoms with Crippen molar-refractivity contribution < 1.29 is 21.6 Å². The highest BCUT2D eigenvalue weighted by atomic mass is 79.9. The molecule has 1 aromatic carbocycles. The van der Waals surface area contributed by atoms with Gasteiger partial charge in [-0.3, -0.25) is 0 Å². The molecule has 0 fully saturated rings. The van der Waals surface area contributed by atoms with Crippen LogP contribution in [0.1, 0.15) is 13.8 Å². The molecule has 0 unspecified atom stereocenters. The molecule has 9 heteroatoms. The minimum Gasteiger partial charge on any atom is -0.398 e. The SMILES string of the molecule is CC(C)CN(CC(F)(F)F)S(=O)(=O)c1ccc(N)c(Br)c1. The maximum absolute atomic E-state index is 12.6. The highest BCUT2D eigenvalue weighted by molar-refractivity contribution is 9.10. The van der Waals surface area contributed by atoms with Gasteiger partial charge in [0, 0.05) is 16.7 Å². The summed E-state index contributed by atoms with van der Waals surface area (Å²) in [5, 5.41) is 0. The van der Waals surface area contributed by atoms with Gasteiger partial charge in [-0.25, -0.2) is 8.42 Å². The van der Waals surface area contributed by atoms with Crippen LogP contribution in [-0.4, -0.2) is 32.0 Å². The van der Waals surface area contributed by atoms with Gasteiger partial charge in [-0.1, -0.05) is 13.8 Å². The normalized spacial score (nSPS) is 13.1. The molecule has 0 heterocycles. The second-order valence-corrected chi connectivity index (χ2v) is 7.78. The fraction of sp³-hybridized carbons (Fsp3) is 0.500. The first-order valence-electron chi connectivity index (χ1n) is 6.05. The summed E-state index contributed by atoms with van der Waals surface area (Å²) >= 11 is 3.07. The molecule has 4 nitrogen and oxygen atoms in total. The Morgan fingerprint density at radius 3 is 2.33 bits per heavy atom. The summed E-state index contributed by atoms with van der Waals surface area (Å²) in [7, 11) is -4.24. The molecule has 0 spiro atoms. The summed E-state index contributed by atoms with van der Waals surface area (Å²) in [4.78, 5) is -0.228. The van der Waals surface area contributed by atoms with Crippen molar-refractivity contribution in [3.63, 3.8) is 0 Å². The maximum atomic E-state index is 12.6. The Morgan fingerprint density at radius 1 is 1.33 bits per heavy atom. The molecule has 0 saturated heterocycles. The first-order valence-corrected chi connectivity index (χ1v) is 8.28. The summed E-state index contributed by atoms with van der Waals surface area (Å²) in [5.74, 6) is -0.237. The van der Waals surface area contributed by atoms with Crippen molar-refractivity contribution in [1.29, 1.82) is 0 Å². The highest BCUT2D eigenvalue weighted by Crippen LogP contribution is 2.27. The minimum absolute atomic E-state index is 0.218. The number of hydrogen-bond donors (Lipinski definition) is 1. The fourth-order valence-corrected chi connectivity index (χ4v) is 3.82. The smallest absolute Gasteiger partial charge is 0.398 e. The summed E-state index contributed by atoms with van der Waals surface area (Å²) < 4.78 is 63.3. The molecule has 0 atom stereocenters. The molecule has 2 N–H and O–H groups in total. The molecule has 0 amide bonds. The van der Waals surface area contributed by atoms with Crippen molar-refractivity contribution in [2.75, 3.05) is 18.8 Å². The molecule has 120 valence electrons. The third kappa shape index (κ3) is 5.15. The third-order valence-electron chi connectivity index (χ3n) is 2.53. The van der Waals surface area contributed by atoms with E-state index in [1.54, 1.807) is 13.8 Å². The summed E-state index contributed by atoms with van der Waals surface area (Å²) in [6.07, 6.45) is -4.60. The van der Waals surface area contributed by atoms with Crippen LogP contribution in [0, 0.1) is 5.92 Å². The Hall–Kier alpha value is -0.800. The van der Waals surface area contributed by atoms with Gasteiger partial charge in [-0.15, -0.1) is 0 Å². The number of nitrogens with zero attached hydrogens (tertiary/aromatic N) is 1. The average molecular weight is 389 g/mol. The zero-order valence-corrected chi connectivity index (χ0v) is 13.9. The quantitative estimate of drug-likeness (QED) is 0.787. The number of benzene rings is 1. The fourth-order valence-electron chi connectivity index (χ4n) is 1.67. The molecular formula is C12H16BrF3N2O2S. The van der Waals surface area contributed by atoms with Crippen LogP contribution in [0.4, 0.5) is 18.9 Å². The first kappa shape index (κ1) is 18.2. The molecule has 0 aliphatic carbocycles. The lowest BCUT2D eigenvalue weighted by Gasteiger charge is -2.25. The van der Waals surface area contributed by atoms with Gasteiger partial charge in [0.25, 0.3) is 0 Å². The lowest BCUT2D eigenvalue weighted by atomic mass is 10.2. The highest BCUT2D eigenvalue weighted by Gasteiger charge is 2.37. The first-order chi connectivity index (χ1) is 9.43. The Kier molecular flexibility index (Phi) is 5.68. The van der Waals surface area contributed by atoms with Gasteiger partial charge >= 0.3 is 6.18 Å². The number of anilines is 1. The number of alkyl halides is 3. The zero-order chi connectivity index (χ0) is 16.4. The van der Waals surface area contributed by atoms with Gasteiger partial charge in [-0.05, 0) is 40.0 Å². The van der Waals surface area contributed by atoms with Crippen LogP contribution in [0.15, 0.2) is 27.6 Å². The zero-order valence-electron chi connectivity index (χ0n) is 11.5. The lowest BCUT2D eigenvalue weighted by molar-refractivity contribution is -0.136. The predicted octanol–water partition coefficient (Wildman–Crippen LogP) is 3.24. The standard InChI is InChI=1S/C12H16BrF3N2O2S/c1-8(2)6-18(7-12(14,15)16)21(19,20)9-3-4-11(17)10(13)5-9/h3-5,8H,6-7,17H2,1-2H3.